The summed E-state index contributed by atoms with van der Waals surface area (Å²) < 4.78 is 43.8. The van der Waals surface area contributed by atoms with Gasteiger partial charge in [-0.2, -0.15) is 0 Å². The molecule has 1 aromatic rings. The fourth-order valence-electron chi connectivity index (χ4n) is 4.26. The molecule has 0 heterocycles. The number of esters is 2. The summed E-state index contributed by atoms with van der Waals surface area (Å²) >= 11 is 0. The van der Waals surface area contributed by atoms with Crippen molar-refractivity contribution in [3.8, 4) is 0 Å². The van der Waals surface area contributed by atoms with E-state index in [4.69, 9.17) is 9.47 Å². The van der Waals surface area contributed by atoms with E-state index in [2.05, 4.69) is 6.92 Å². The normalized spacial score (nSPS) is 12.0. The Kier molecular flexibility index (Phi) is 22.3. The van der Waals surface area contributed by atoms with Crippen LogP contribution in [0.4, 0.5) is 0 Å². The number of hydrogen-bond acceptors (Lipinski definition) is 7. The molecule has 0 bridgehead atoms. The van der Waals surface area contributed by atoms with E-state index in [1.54, 1.807) is 6.07 Å². The molecule has 0 amide bonds. The van der Waals surface area contributed by atoms with Gasteiger partial charge in [-0.05, 0) is 25.0 Å². The Bertz CT molecular complexity index is 873. The van der Waals surface area contributed by atoms with Crippen molar-refractivity contribution in [2.75, 3.05) is 6.61 Å². The van der Waals surface area contributed by atoms with Gasteiger partial charge >= 0.3 is 41.5 Å². The van der Waals surface area contributed by atoms with E-state index in [0.29, 0.717) is 0 Å². The van der Waals surface area contributed by atoms with Gasteiger partial charge in [-0.25, -0.2) is 18.0 Å². The molecule has 1 atom stereocenters. The van der Waals surface area contributed by atoms with Crippen LogP contribution in [0.15, 0.2) is 24.3 Å². The zero-order valence-corrected chi connectivity index (χ0v) is 26.7. The van der Waals surface area contributed by atoms with Crippen LogP contribution in [-0.2, 0) is 19.6 Å². The fraction of sp³-hybridized carbons (Fsp3) is 0.724. The first-order valence-corrected chi connectivity index (χ1v) is 15.7. The van der Waals surface area contributed by atoms with Gasteiger partial charge in [0.05, 0.1) is 17.7 Å². The van der Waals surface area contributed by atoms with Crippen LogP contribution in [0.25, 0.3) is 0 Å². The summed E-state index contributed by atoms with van der Waals surface area (Å²) in [6.07, 6.45) is 20.0. The minimum atomic E-state index is -4.80. The fourth-order valence-corrected chi connectivity index (χ4v) is 4.87. The molecule has 0 radical (unpaired) electrons. The van der Waals surface area contributed by atoms with Gasteiger partial charge in [0.15, 0.2) is 5.44 Å². The summed E-state index contributed by atoms with van der Waals surface area (Å²) in [5.74, 6) is -1.72. The predicted octanol–water partition coefficient (Wildman–Crippen LogP) is 4.55. The first kappa shape index (κ1) is 37.1. The maximum atomic E-state index is 12.5. The first-order chi connectivity index (χ1) is 17.8. The van der Waals surface area contributed by atoms with Crippen molar-refractivity contribution in [1.29, 1.82) is 0 Å². The van der Waals surface area contributed by atoms with Crippen molar-refractivity contribution in [3.63, 3.8) is 0 Å². The Morgan fingerprint density at radius 3 is 1.50 bits per heavy atom. The smallest absolute Gasteiger partial charge is 0.745 e. The van der Waals surface area contributed by atoms with Gasteiger partial charge in [-0.15, -0.1) is 0 Å². The number of carbonyl (C=O) groups is 2. The van der Waals surface area contributed by atoms with Gasteiger partial charge in [0.2, 0.25) is 0 Å². The SMILES string of the molecule is CCCCCCCCCCCCCCCCCCOC(=O)c1ccccc1C(=O)OC(CC)S(=O)(=O)[O-].[Na+]. The molecule has 0 fully saturated rings. The van der Waals surface area contributed by atoms with E-state index in [9.17, 15) is 22.6 Å². The van der Waals surface area contributed by atoms with Crippen molar-refractivity contribution in [2.24, 2.45) is 0 Å². The molecule has 0 saturated carbocycles. The Morgan fingerprint density at radius 1 is 0.711 bits per heavy atom. The van der Waals surface area contributed by atoms with Gasteiger partial charge in [-0.3, -0.25) is 0 Å². The van der Waals surface area contributed by atoms with Crippen LogP contribution in [0.2, 0.25) is 0 Å². The number of hydrogen-bond donors (Lipinski definition) is 0. The van der Waals surface area contributed by atoms with E-state index in [0.717, 1.165) is 19.3 Å². The van der Waals surface area contributed by atoms with Crippen LogP contribution in [0.5, 0.6) is 0 Å². The second kappa shape index (κ2) is 22.8. The number of carbonyl (C=O) groups excluding carboxylic acids is 2. The van der Waals surface area contributed by atoms with E-state index in [1.807, 2.05) is 0 Å². The molecule has 212 valence electrons. The van der Waals surface area contributed by atoms with Crippen molar-refractivity contribution in [2.45, 2.75) is 128 Å². The van der Waals surface area contributed by atoms with Gasteiger partial charge in [0.1, 0.15) is 10.1 Å². The van der Waals surface area contributed by atoms with Crippen LogP contribution in [-0.4, -0.2) is 37.0 Å². The quantitative estimate of drug-likeness (QED) is 0.0883. The third-order valence-corrected chi connectivity index (χ3v) is 7.57. The molecule has 1 unspecified atom stereocenters. The van der Waals surface area contributed by atoms with Crippen LogP contribution < -0.4 is 29.6 Å². The van der Waals surface area contributed by atoms with Crippen molar-refractivity contribution < 1.29 is 61.6 Å². The van der Waals surface area contributed by atoms with E-state index in [1.165, 1.54) is 109 Å². The van der Waals surface area contributed by atoms with Crippen molar-refractivity contribution >= 4 is 22.1 Å². The predicted molar refractivity (Wildman–Crippen MR) is 145 cm³/mol. The molecular formula is C29H47NaO7S. The second-order valence-electron chi connectivity index (χ2n) is 9.72. The molecule has 38 heavy (non-hydrogen) atoms. The van der Waals surface area contributed by atoms with Crippen LogP contribution in [0.1, 0.15) is 144 Å². The molecule has 9 heteroatoms. The van der Waals surface area contributed by atoms with Gasteiger partial charge < -0.3 is 14.0 Å². The molecule has 0 saturated heterocycles. The number of benzene rings is 1. The molecule has 1 aromatic carbocycles. The average Bonchev–Trinajstić information content (AvgIpc) is 2.88. The minimum absolute atomic E-state index is 0. The van der Waals surface area contributed by atoms with Gasteiger partial charge in [-0.1, -0.05) is 122 Å². The van der Waals surface area contributed by atoms with Gasteiger partial charge in [0.25, 0.3) is 0 Å². The molecule has 0 aromatic heterocycles. The zero-order chi connectivity index (χ0) is 27.4. The number of rotatable bonds is 22. The Hall–Kier alpha value is -0.930. The largest absolute Gasteiger partial charge is 1.00 e. The monoisotopic (exact) mass is 562 g/mol. The standard InChI is InChI=1S/C29H48O7S.Na/c1-3-5-6-7-8-9-10-11-12-13-14-15-16-17-18-21-24-35-28(30)25-22-19-20-23-26(25)29(31)36-27(4-2)37(32,33)34;/h19-20,22-23,27H,3-18,21,24H2,1-2H3,(H,32,33,34);/q;+1/p-1. The molecule has 0 aliphatic rings. The third-order valence-electron chi connectivity index (χ3n) is 6.49. The molecular weight excluding hydrogens is 515 g/mol. The maximum Gasteiger partial charge on any atom is 1.00 e. The van der Waals surface area contributed by atoms with Crippen LogP contribution in [0, 0.1) is 0 Å². The van der Waals surface area contributed by atoms with Crippen molar-refractivity contribution in [3.05, 3.63) is 35.4 Å². The summed E-state index contributed by atoms with van der Waals surface area (Å²) in [6, 6.07) is 5.86. The van der Waals surface area contributed by atoms with Gasteiger partial charge in [0, 0.05) is 0 Å². The third kappa shape index (κ3) is 16.9. The number of ether oxygens (including phenoxy) is 2. The Labute approximate surface area is 252 Å². The summed E-state index contributed by atoms with van der Waals surface area (Å²) in [5.41, 5.74) is -1.93. The first-order valence-electron chi connectivity index (χ1n) is 14.2. The van der Waals surface area contributed by atoms with E-state index < -0.39 is 27.5 Å². The van der Waals surface area contributed by atoms with Crippen molar-refractivity contribution in [1.82, 2.24) is 0 Å². The van der Waals surface area contributed by atoms with E-state index >= 15 is 0 Å². The summed E-state index contributed by atoms with van der Waals surface area (Å²) in [4.78, 5) is 24.9. The second-order valence-corrected chi connectivity index (χ2v) is 11.2. The topological polar surface area (TPSA) is 110 Å². The maximum absolute atomic E-state index is 12.5. The molecule has 0 aliphatic carbocycles. The molecule has 0 aliphatic heterocycles. The molecule has 0 spiro atoms. The summed E-state index contributed by atoms with van der Waals surface area (Å²) in [7, 11) is -4.80. The average molecular weight is 563 g/mol. The van der Waals surface area contributed by atoms with Crippen LogP contribution in [0.3, 0.4) is 0 Å². The van der Waals surface area contributed by atoms with E-state index in [-0.39, 0.29) is 53.7 Å². The van der Waals surface area contributed by atoms with Crippen LogP contribution >= 0.6 is 0 Å². The molecule has 0 N–H and O–H groups in total. The number of unbranched alkanes of at least 4 members (excludes halogenated alkanes) is 15. The zero-order valence-electron chi connectivity index (χ0n) is 23.9. The molecule has 7 nitrogen and oxygen atoms in total. The molecule has 1 rings (SSSR count). The Balaban J connectivity index is 0.0000137. The Morgan fingerprint density at radius 2 is 1.11 bits per heavy atom. The summed E-state index contributed by atoms with van der Waals surface area (Å²) in [5, 5.41) is 0. The summed E-state index contributed by atoms with van der Waals surface area (Å²) in [6.45, 7) is 3.92. The minimum Gasteiger partial charge on any atom is -0.745 e.